The lowest BCUT2D eigenvalue weighted by atomic mass is 10.1. The quantitative estimate of drug-likeness (QED) is 0.770. The Labute approximate surface area is 129 Å². The Hall–Kier alpha value is -0.650. The maximum atomic E-state index is 5.84. The topological polar surface area (TPSA) is 38.5 Å². The van der Waals surface area contributed by atoms with Crippen LogP contribution in [0.4, 0.5) is 5.69 Å². The summed E-state index contributed by atoms with van der Waals surface area (Å²) >= 11 is 8.62. The zero-order valence-electron chi connectivity index (χ0n) is 11.6. The number of thiocarbonyl (C=S) groups is 1. The zero-order chi connectivity index (χ0) is 14.4. The molecule has 3 nitrogen and oxygen atoms in total. The monoisotopic (exact) mass is 344 g/mol. The van der Waals surface area contributed by atoms with Crippen molar-refractivity contribution in [1.82, 2.24) is 0 Å². The molecule has 0 aliphatic rings. The molecule has 5 heteroatoms. The SMILES string of the molecule is CCC(C)N(CCOC)c1ccc(Br)cc1C(N)=S. The minimum Gasteiger partial charge on any atom is -0.389 e. The van der Waals surface area contributed by atoms with Gasteiger partial charge in [0.05, 0.1) is 6.61 Å². The smallest absolute Gasteiger partial charge is 0.106 e. The maximum absolute atomic E-state index is 5.84. The molecule has 0 aromatic heterocycles. The molecule has 0 saturated carbocycles. The summed E-state index contributed by atoms with van der Waals surface area (Å²) in [5.74, 6) is 0. The molecule has 0 amide bonds. The van der Waals surface area contributed by atoms with Crippen LogP contribution in [0.1, 0.15) is 25.8 Å². The summed E-state index contributed by atoms with van der Waals surface area (Å²) in [6, 6.07) is 6.45. The van der Waals surface area contributed by atoms with E-state index >= 15 is 0 Å². The van der Waals surface area contributed by atoms with E-state index < -0.39 is 0 Å². The Morgan fingerprint density at radius 1 is 1.53 bits per heavy atom. The number of nitrogens with two attached hydrogens (primary N) is 1. The highest BCUT2D eigenvalue weighted by atomic mass is 79.9. The van der Waals surface area contributed by atoms with Crippen LogP contribution < -0.4 is 10.6 Å². The Balaban J connectivity index is 3.17. The van der Waals surface area contributed by atoms with Crippen LogP contribution in [0, 0.1) is 0 Å². The van der Waals surface area contributed by atoms with Crippen molar-refractivity contribution in [3.8, 4) is 0 Å². The molecule has 0 fully saturated rings. The molecule has 19 heavy (non-hydrogen) atoms. The Bertz CT molecular complexity index is 439. The van der Waals surface area contributed by atoms with E-state index in [0.717, 1.165) is 28.7 Å². The molecule has 0 spiro atoms. The summed E-state index contributed by atoms with van der Waals surface area (Å²) in [4.78, 5) is 2.71. The van der Waals surface area contributed by atoms with E-state index in [2.05, 4.69) is 40.7 Å². The van der Waals surface area contributed by atoms with Gasteiger partial charge in [-0.05, 0) is 31.5 Å². The minimum absolute atomic E-state index is 0.407. The van der Waals surface area contributed by atoms with Crippen molar-refractivity contribution in [1.29, 1.82) is 0 Å². The summed E-state index contributed by atoms with van der Waals surface area (Å²) in [6.07, 6.45) is 1.05. The average molecular weight is 345 g/mol. The summed E-state index contributed by atoms with van der Waals surface area (Å²) < 4.78 is 6.18. The fourth-order valence-electron chi connectivity index (χ4n) is 1.94. The number of hydrogen-bond donors (Lipinski definition) is 1. The molecule has 1 aromatic rings. The van der Waals surface area contributed by atoms with Crippen LogP contribution in [0.5, 0.6) is 0 Å². The number of anilines is 1. The number of hydrogen-bond acceptors (Lipinski definition) is 3. The minimum atomic E-state index is 0.407. The number of methoxy groups -OCH3 is 1. The highest BCUT2D eigenvalue weighted by Crippen LogP contribution is 2.27. The number of benzene rings is 1. The zero-order valence-corrected chi connectivity index (χ0v) is 14.1. The van der Waals surface area contributed by atoms with E-state index in [1.54, 1.807) is 7.11 Å². The van der Waals surface area contributed by atoms with Crippen molar-refractivity contribution < 1.29 is 4.74 Å². The molecule has 0 heterocycles. The van der Waals surface area contributed by atoms with Gasteiger partial charge in [0.1, 0.15) is 4.99 Å². The van der Waals surface area contributed by atoms with Gasteiger partial charge in [0.25, 0.3) is 0 Å². The van der Waals surface area contributed by atoms with Crippen molar-refractivity contribution in [3.05, 3.63) is 28.2 Å². The number of rotatable bonds is 7. The highest BCUT2D eigenvalue weighted by Gasteiger charge is 2.17. The summed E-state index contributed by atoms with van der Waals surface area (Å²) in [5, 5.41) is 0. The lowest BCUT2D eigenvalue weighted by Crippen LogP contribution is -2.36. The summed E-state index contributed by atoms with van der Waals surface area (Å²) in [7, 11) is 1.71. The van der Waals surface area contributed by atoms with Crippen molar-refractivity contribution >= 4 is 38.8 Å². The van der Waals surface area contributed by atoms with E-state index in [1.807, 2.05) is 12.1 Å². The predicted molar refractivity (Wildman–Crippen MR) is 89.0 cm³/mol. The van der Waals surface area contributed by atoms with Crippen LogP contribution in [0.2, 0.25) is 0 Å². The van der Waals surface area contributed by atoms with E-state index in [1.165, 1.54) is 0 Å². The Kier molecular flexibility index (Phi) is 6.75. The van der Waals surface area contributed by atoms with Crippen molar-refractivity contribution in [2.75, 3.05) is 25.2 Å². The Morgan fingerprint density at radius 3 is 2.74 bits per heavy atom. The first-order chi connectivity index (χ1) is 9.01. The molecule has 0 bridgehead atoms. The second-order valence-electron chi connectivity index (χ2n) is 4.47. The molecule has 106 valence electrons. The van der Waals surface area contributed by atoms with Gasteiger partial charge in [-0.2, -0.15) is 0 Å². The number of halogens is 1. The molecule has 2 N–H and O–H groups in total. The fraction of sp³-hybridized carbons (Fsp3) is 0.500. The predicted octanol–water partition coefficient (Wildman–Crippen LogP) is 3.33. The second-order valence-corrected chi connectivity index (χ2v) is 5.82. The first-order valence-corrected chi connectivity index (χ1v) is 7.56. The van der Waals surface area contributed by atoms with Crippen LogP contribution in [0.3, 0.4) is 0 Å². The number of nitrogens with zero attached hydrogens (tertiary/aromatic N) is 1. The van der Waals surface area contributed by atoms with E-state index in [4.69, 9.17) is 22.7 Å². The van der Waals surface area contributed by atoms with Gasteiger partial charge in [0.2, 0.25) is 0 Å². The highest BCUT2D eigenvalue weighted by molar-refractivity contribution is 9.10. The third kappa shape index (κ3) is 4.44. The van der Waals surface area contributed by atoms with Crippen LogP contribution in [-0.4, -0.2) is 31.3 Å². The second kappa shape index (κ2) is 7.82. The van der Waals surface area contributed by atoms with E-state index in [9.17, 15) is 0 Å². The molecular weight excluding hydrogens is 324 g/mol. The van der Waals surface area contributed by atoms with Crippen LogP contribution in [0.25, 0.3) is 0 Å². The maximum Gasteiger partial charge on any atom is 0.106 e. The normalized spacial score (nSPS) is 12.2. The fourth-order valence-corrected chi connectivity index (χ4v) is 2.47. The first kappa shape index (κ1) is 16.4. The summed E-state index contributed by atoms with van der Waals surface area (Å²) in [6.45, 7) is 5.87. The average Bonchev–Trinajstić information content (AvgIpc) is 2.39. The molecule has 0 saturated heterocycles. The summed E-state index contributed by atoms with van der Waals surface area (Å²) in [5.41, 5.74) is 7.82. The largest absolute Gasteiger partial charge is 0.389 e. The van der Waals surface area contributed by atoms with Crippen molar-refractivity contribution in [3.63, 3.8) is 0 Å². The van der Waals surface area contributed by atoms with Gasteiger partial charge in [0, 0.05) is 35.4 Å². The van der Waals surface area contributed by atoms with E-state index in [-0.39, 0.29) is 0 Å². The van der Waals surface area contributed by atoms with Crippen LogP contribution in [-0.2, 0) is 4.74 Å². The third-order valence-corrected chi connectivity index (χ3v) is 3.91. The van der Waals surface area contributed by atoms with Gasteiger partial charge in [-0.1, -0.05) is 35.1 Å². The van der Waals surface area contributed by atoms with Gasteiger partial charge in [-0.25, -0.2) is 0 Å². The van der Waals surface area contributed by atoms with Crippen LogP contribution in [0.15, 0.2) is 22.7 Å². The van der Waals surface area contributed by atoms with E-state index in [0.29, 0.717) is 17.6 Å². The third-order valence-electron chi connectivity index (χ3n) is 3.19. The van der Waals surface area contributed by atoms with Crippen molar-refractivity contribution in [2.24, 2.45) is 5.73 Å². The molecule has 1 unspecified atom stereocenters. The number of ether oxygens (including phenoxy) is 1. The van der Waals surface area contributed by atoms with Gasteiger partial charge >= 0.3 is 0 Å². The molecule has 0 radical (unpaired) electrons. The lowest BCUT2D eigenvalue weighted by Gasteiger charge is -2.32. The first-order valence-electron chi connectivity index (χ1n) is 6.36. The molecule has 1 rings (SSSR count). The van der Waals surface area contributed by atoms with Gasteiger partial charge in [-0.3, -0.25) is 0 Å². The van der Waals surface area contributed by atoms with Gasteiger partial charge in [0.15, 0.2) is 0 Å². The van der Waals surface area contributed by atoms with Crippen LogP contribution >= 0.6 is 28.1 Å². The van der Waals surface area contributed by atoms with Crippen molar-refractivity contribution in [2.45, 2.75) is 26.3 Å². The molecule has 0 aliphatic carbocycles. The Morgan fingerprint density at radius 2 is 2.21 bits per heavy atom. The van der Waals surface area contributed by atoms with Gasteiger partial charge in [-0.15, -0.1) is 0 Å². The van der Waals surface area contributed by atoms with Gasteiger partial charge < -0.3 is 15.4 Å². The molecule has 1 atom stereocenters. The molecular formula is C14H21BrN2OS. The lowest BCUT2D eigenvalue weighted by molar-refractivity contribution is 0.203. The molecule has 0 aliphatic heterocycles. The molecule has 1 aromatic carbocycles. The standard InChI is InChI=1S/C14H21BrN2OS/c1-4-10(2)17(7-8-18-3)13-6-5-11(15)9-12(13)14(16)19/h5-6,9-10H,4,7-8H2,1-3H3,(H2,16,19).